The number of benzene rings is 1. The zero-order valence-electron chi connectivity index (χ0n) is 17.2. The molecule has 2 aliphatic heterocycles. The molecule has 3 aromatic rings. The third-order valence-electron chi connectivity index (χ3n) is 6.73. The van der Waals surface area contributed by atoms with Gasteiger partial charge in [0.2, 0.25) is 0 Å². The predicted octanol–water partition coefficient (Wildman–Crippen LogP) is 3.79. The van der Waals surface area contributed by atoms with Crippen molar-refractivity contribution in [1.29, 1.82) is 0 Å². The molecule has 1 unspecified atom stereocenters. The van der Waals surface area contributed by atoms with Crippen LogP contribution in [0, 0.1) is 0 Å². The van der Waals surface area contributed by atoms with Crippen molar-refractivity contribution in [3.05, 3.63) is 53.3 Å². The second-order valence-corrected chi connectivity index (χ2v) is 9.01. The molecule has 1 saturated carbocycles. The summed E-state index contributed by atoms with van der Waals surface area (Å²) in [6, 6.07) is 10.3. The highest BCUT2D eigenvalue weighted by molar-refractivity contribution is 5.58. The lowest BCUT2D eigenvalue weighted by Crippen LogP contribution is -2.41. The lowest BCUT2D eigenvalue weighted by Gasteiger charge is -2.37. The lowest BCUT2D eigenvalue weighted by atomic mass is 9.77. The van der Waals surface area contributed by atoms with E-state index in [-0.39, 0.29) is 11.6 Å². The normalized spacial score (nSPS) is 20.9. The molecule has 7 heteroatoms. The van der Waals surface area contributed by atoms with Gasteiger partial charge in [0.1, 0.15) is 29.2 Å². The lowest BCUT2D eigenvalue weighted by molar-refractivity contribution is 0.0143. The number of anilines is 1. The Morgan fingerprint density at radius 2 is 2.07 bits per heavy atom. The van der Waals surface area contributed by atoms with Gasteiger partial charge in [-0.15, -0.1) is 10.2 Å². The second-order valence-electron chi connectivity index (χ2n) is 9.01. The van der Waals surface area contributed by atoms with Crippen molar-refractivity contribution in [1.82, 2.24) is 19.7 Å². The van der Waals surface area contributed by atoms with Crippen LogP contribution in [-0.2, 0) is 13.0 Å². The van der Waals surface area contributed by atoms with Gasteiger partial charge in [0.05, 0.1) is 0 Å². The summed E-state index contributed by atoms with van der Waals surface area (Å²) in [4.78, 5) is 6.74. The van der Waals surface area contributed by atoms with E-state index in [9.17, 15) is 5.11 Å². The molecule has 154 valence electrons. The Labute approximate surface area is 175 Å². The van der Waals surface area contributed by atoms with Gasteiger partial charge < -0.3 is 19.3 Å². The van der Waals surface area contributed by atoms with Gasteiger partial charge in [-0.2, -0.15) is 0 Å². The van der Waals surface area contributed by atoms with Crippen molar-refractivity contribution in [2.45, 2.75) is 63.9 Å². The molecular weight excluding hydrogens is 378 g/mol. The standard InChI is InChI=1S/C23H25N5O2/c1-14(2)28-13-24-26-21(28)18-5-3-6-20(25-18)27-12-16-9-15-11-23(7-4-8-23)30-19(15)10-17(16)22(27)29/h3,5-6,9-10,13-14,22,29H,4,7-8,11-12H2,1-2H3. The van der Waals surface area contributed by atoms with E-state index in [1.165, 1.54) is 12.0 Å². The van der Waals surface area contributed by atoms with Gasteiger partial charge in [-0.25, -0.2) is 4.98 Å². The molecule has 0 bridgehead atoms. The Morgan fingerprint density at radius 3 is 2.83 bits per heavy atom. The number of ether oxygens (including phenoxy) is 1. The molecule has 6 rings (SSSR count). The largest absolute Gasteiger partial charge is 0.487 e. The van der Waals surface area contributed by atoms with Crippen LogP contribution in [0.3, 0.4) is 0 Å². The maximum absolute atomic E-state index is 11.1. The van der Waals surface area contributed by atoms with E-state index in [0.717, 1.165) is 53.5 Å². The molecule has 2 aromatic heterocycles. The van der Waals surface area contributed by atoms with Gasteiger partial charge in [0, 0.05) is 24.6 Å². The minimum absolute atomic E-state index is 0.0321. The van der Waals surface area contributed by atoms with Crippen LogP contribution >= 0.6 is 0 Å². The SMILES string of the molecule is CC(C)n1cnnc1-c1cccc(N2Cc3cc4c(cc3C2O)OC2(CCC2)C4)n1. The Hall–Kier alpha value is -2.93. The highest BCUT2D eigenvalue weighted by Gasteiger charge is 2.45. The minimum atomic E-state index is -0.738. The van der Waals surface area contributed by atoms with Crippen LogP contribution in [-0.4, -0.2) is 30.5 Å². The first-order valence-electron chi connectivity index (χ1n) is 10.7. The number of aliphatic hydroxyl groups excluding tert-OH is 1. The molecule has 0 saturated heterocycles. The van der Waals surface area contributed by atoms with E-state index in [1.807, 2.05) is 33.7 Å². The van der Waals surface area contributed by atoms with E-state index in [1.54, 1.807) is 6.33 Å². The topological polar surface area (TPSA) is 76.3 Å². The van der Waals surface area contributed by atoms with E-state index < -0.39 is 6.23 Å². The Bertz CT molecular complexity index is 1130. The summed E-state index contributed by atoms with van der Waals surface area (Å²) >= 11 is 0. The zero-order chi connectivity index (χ0) is 20.5. The van der Waals surface area contributed by atoms with E-state index in [0.29, 0.717) is 6.54 Å². The van der Waals surface area contributed by atoms with Gasteiger partial charge in [-0.05, 0) is 68.5 Å². The average molecular weight is 403 g/mol. The van der Waals surface area contributed by atoms with Crippen LogP contribution in [0.4, 0.5) is 5.82 Å². The van der Waals surface area contributed by atoms with Gasteiger partial charge in [-0.3, -0.25) is 0 Å². The highest BCUT2D eigenvalue weighted by Crippen LogP contribution is 2.49. The molecule has 7 nitrogen and oxygen atoms in total. The quantitative estimate of drug-likeness (QED) is 0.717. The van der Waals surface area contributed by atoms with Crippen LogP contribution in [0.5, 0.6) is 5.75 Å². The Morgan fingerprint density at radius 1 is 1.20 bits per heavy atom. The molecule has 3 aliphatic rings. The van der Waals surface area contributed by atoms with Crippen molar-refractivity contribution in [3.8, 4) is 17.3 Å². The molecule has 0 radical (unpaired) electrons. The molecule has 4 heterocycles. The molecule has 1 aromatic carbocycles. The number of pyridine rings is 1. The van der Waals surface area contributed by atoms with E-state index >= 15 is 0 Å². The number of fused-ring (bicyclic) bond motifs is 2. The monoisotopic (exact) mass is 403 g/mol. The predicted molar refractivity (Wildman–Crippen MR) is 112 cm³/mol. The van der Waals surface area contributed by atoms with Crippen LogP contribution < -0.4 is 9.64 Å². The van der Waals surface area contributed by atoms with Crippen LogP contribution in [0.2, 0.25) is 0 Å². The van der Waals surface area contributed by atoms with E-state index in [4.69, 9.17) is 9.72 Å². The van der Waals surface area contributed by atoms with Crippen LogP contribution in [0.15, 0.2) is 36.7 Å². The Balaban J connectivity index is 1.31. The fourth-order valence-corrected chi connectivity index (χ4v) is 4.92. The number of rotatable bonds is 3. The molecule has 0 amide bonds. The third kappa shape index (κ3) is 2.58. The summed E-state index contributed by atoms with van der Waals surface area (Å²) in [6.07, 6.45) is 5.50. The number of hydrogen-bond donors (Lipinski definition) is 1. The van der Waals surface area contributed by atoms with Crippen LogP contribution in [0.1, 0.15) is 62.1 Å². The summed E-state index contributed by atoms with van der Waals surface area (Å²) in [5.41, 5.74) is 4.12. The Kier molecular flexibility index (Phi) is 3.75. The van der Waals surface area contributed by atoms with Gasteiger partial charge in [0.25, 0.3) is 0 Å². The number of aliphatic hydroxyl groups is 1. The summed E-state index contributed by atoms with van der Waals surface area (Å²) in [7, 11) is 0. The summed E-state index contributed by atoms with van der Waals surface area (Å²) in [5, 5.41) is 19.4. The van der Waals surface area contributed by atoms with Gasteiger partial charge >= 0.3 is 0 Å². The number of hydrogen-bond acceptors (Lipinski definition) is 6. The first kappa shape index (κ1) is 17.9. The van der Waals surface area contributed by atoms with Gasteiger partial charge in [0.15, 0.2) is 12.1 Å². The van der Waals surface area contributed by atoms with Gasteiger partial charge in [-0.1, -0.05) is 6.07 Å². The fourth-order valence-electron chi connectivity index (χ4n) is 4.92. The van der Waals surface area contributed by atoms with Crippen molar-refractivity contribution in [2.24, 2.45) is 0 Å². The maximum Gasteiger partial charge on any atom is 0.182 e. The number of aromatic nitrogens is 4. The molecule has 1 spiro atoms. The minimum Gasteiger partial charge on any atom is -0.487 e. The molecule has 1 aliphatic carbocycles. The first-order chi connectivity index (χ1) is 14.5. The second kappa shape index (κ2) is 6.28. The summed E-state index contributed by atoms with van der Waals surface area (Å²) < 4.78 is 8.28. The van der Waals surface area contributed by atoms with Crippen molar-refractivity contribution >= 4 is 5.82 Å². The summed E-state index contributed by atoms with van der Waals surface area (Å²) in [6.45, 7) is 4.81. The first-order valence-corrected chi connectivity index (χ1v) is 10.7. The average Bonchev–Trinajstić information content (AvgIpc) is 3.41. The summed E-state index contributed by atoms with van der Waals surface area (Å²) in [5.74, 6) is 2.41. The molecule has 1 atom stereocenters. The van der Waals surface area contributed by atoms with Crippen LogP contribution in [0.25, 0.3) is 11.5 Å². The maximum atomic E-state index is 11.1. The van der Waals surface area contributed by atoms with Crippen molar-refractivity contribution < 1.29 is 9.84 Å². The van der Waals surface area contributed by atoms with Crippen molar-refractivity contribution in [2.75, 3.05) is 4.90 Å². The highest BCUT2D eigenvalue weighted by atomic mass is 16.5. The number of nitrogens with zero attached hydrogens (tertiary/aromatic N) is 5. The molecule has 30 heavy (non-hydrogen) atoms. The smallest absolute Gasteiger partial charge is 0.182 e. The fraction of sp³-hybridized carbons (Fsp3) is 0.435. The zero-order valence-corrected chi connectivity index (χ0v) is 17.2. The van der Waals surface area contributed by atoms with Crippen molar-refractivity contribution in [3.63, 3.8) is 0 Å². The molecule has 1 N–H and O–H groups in total. The molecule has 1 fully saturated rings. The third-order valence-corrected chi connectivity index (χ3v) is 6.73. The molecular formula is C23H25N5O2. The van der Waals surface area contributed by atoms with E-state index in [2.05, 4.69) is 30.1 Å².